The van der Waals surface area contributed by atoms with Crippen molar-refractivity contribution in [1.82, 2.24) is 4.98 Å². The van der Waals surface area contributed by atoms with Gasteiger partial charge in [0.25, 0.3) is 0 Å². The van der Waals surface area contributed by atoms with Gasteiger partial charge in [0.1, 0.15) is 0 Å². The summed E-state index contributed by atoms with van der Waals surface area (Å²) in [6.07, 6.45) is 0. The second-order valence-corrected chi connectivity index (χ2v) is 4.91. The predicted molar refractivity (Wildman–Crippen MR) is 87.7 cm³/mol. The molecule has 0 amide bonds. The van der Waals surface area contributed by atoms with Crippen LogP contribution in [0.2, 0.25) is 0 Å². The Kier molecular flexibility index (Phi) is 4.89. The van der Waals surface area contributed by atoms with Crippen LogP contribution < -0.4 is 14.8 Å². The van der Waals surface area contributed by atoms with E-state index in [0.717, 1.165) is 40.3 Å². The Balaban J connectivity index is 2.70. The maximum atomic E-state index is 5.72. The molecule has 0 fully saturated rings. The van der Waals surface area contributed by atoms with Gasteiger partial charge in [-0.25, -0.2) is 0 Å². The Morgan fingerprint density at radius 3 is 2.19 bits per heavy atom. The SMILES string of the molecule is CCNc1c(C)c(C)nc2cc(OCC)c(OCC)cc12. The number of pyridine rings is 1. The molecule has 0 saturated heterocycles. The van der Waals surface area contributed by atoms with Gasteiger partial charge in [-0.2, -0.15) is 0 Å². The summed E-state index contributed by atoms with van der Waals surface area (Å²) in [5.74, 6) is 1.53. The van der Waals surface area contributed by atoms with Gasteiger partial charge in [0.05, 0.1) is 18.7 Å². The summed E-state index contributed by atoms with van der Waals surface area (Å²) in [5, 5.41) is 4.52. The first kappa shape index (κ1) is 15.4. The number of benzene rings is 1. The van der Waals surface area contributed by atoms with Crippen molar-refractivity contribution in [1.29, 1.82) is 0 Å². The van der Waals surface area contributed by atoms with E-state index in [0.29, 0.717) is 13.2 Å². The van der Waals surface area contributed by atoms with Crippen molar-refractivity contribution < 1.29 is 9.47 Å². The Bertz CT molecular complexity index is 638. The van der Waals surface area contributed by atoms with Gasteiger partial charge >= 0.3 is 0 Å². The molecule has 1 aromatic carbocycles. The van der Waals surface area contributed by atoms with Crippen LogP contribution in [0.15, 0.2) is 12.1 Å². The van der Waals surface area contributed by atoms with Gasteiger partial charge in [0.2, 0.25) is 0 Å². The third-order valence-electron chi connectivity index (χ3n) is 3.49. The molecule has 21 heavy (non-hydrogen) atoms. The molecule has 2 rings (SSSR count). The van der Waals surface area contributed by atoms with Crippen LogP contribution in [0.4, 0.5) is 5.69 Å². The van der Waals surface area contributed by atoms with Crippen LogP contribution in [0.1, 0.15) is 32.0 Å². The minimum absolute atomic E-state index is 0.608. The first-order valence-corrected chi connectivity index (χ1v) is 7.56. The van der Waals surface area contributed by atoms with Crippen LogP contribution >= 0.6 is 0 Å². The summed E-state index contributed by atoms with van der Waals surface area (Å²) < 4.78 is 11.4. The predicted octanol–water partition coefficient (Wildman–Crippen LogP) is 4.08. The van der Waals surface area contributed by atoms with Crippen molar-refractivity contribution in [2.45, 2.75) is 34.6 Å². The molecule has 0 spiro atoms. The van der Waals surface area contributed by atoms with E-state index in [1.807, 2.05) is 32.9 Å². The molecular formula is C17H24N2O2. The van der Waals surface area contributed by atoms with E-state index >= 15 is 0 Å². The van der Waals surface area contributed by atoms with E-state index in [1.54, 1.807) is 0 Å². The fraction of sp³-hybridized carbons (Fsp3) is 0.471. The third kappa shape index (κ3) is 3.04. The van der Waals surface area contributed by atoms with Crippen molar-refractivity contribution in [3.8, 4) is 11.5 Å². The number of aromatic nitrogens is 1. The monoisotopic (exact) mass is 288 g/mol. The molecule has 1 N–H and O–H groups in total. The van der Waals surface area contributed by atoms with E-state index in [2.05, 4.69) is 24.1 Å². The number of ether oxygens (including phenoxy) is 2. The van der Waals surface area contributed by atoms with Crippen molar-refractivity contribution in [3.05, 3.63) is 23.4 Å². The van der Waals surface area contributed by atoms with Gasteiger partial charge in [-0.05, 0) is 46.2 Å². The Hall–Kier alpha value is -1.97. The molecule has 0 aliphatic rings. The van der Waals surface area contributed by atoms with Gasteiger partial charge in [-0.1, -0.05) is 0 Å². The first-order valence-electron chi connectivity index (χ1n) is 7.56. The summed E-state index contributed by atoms with van der Waals surface area (Å²) in [4.78, 5) is 4.69. The highest BCUT2D eigenvalue weighted by molar-refractivity contribution is 5.95. The standard InChI is InChI=1S/C17H24N2O2/c1-6-18-17-11(4)12(5)19-14-10-16(21-8-3)15(20-7-2)9-13(14)17/h9-10H,6-8H2,1-5H3,(H,18,19). The molecule has 4 nitrogen and oxygen atoms in total. The zero-order valence-corrected chi connectivity index (χ0v) is 13.5. The van der Waals surface area contributed by atoms with Gasteiger partial charge in [0, 0.05) is 29.4 Å². The Morgan fingerprint density at radius 2 is 1.62 bits per heavy atom. The maximum absolute atomic E-state index is 5.72. The fourth-order valence-corrected chi connectivity index (χ4v) is 2.43. The Labute approximate surface area is 126 Å². The number of aryl methyl sites for hydroxylation is 1. The van der Waals surface area contributed by atoms with E-state index in [9.17, 15) is 0 Å². The highest BCUT2D eigenvalue weighted by atomic mass is 16.5. The second kappa shape index (κ2) is 6.66. The lowest BCUT2D eigenvalue weighted by Crippen LogP contribution is -2.04. The van der Waals surface area contributed by atoms with Gasteiger partial charge in [-0.15, -0.1) is 0 Å². The molecule has 0 unspecified atom stereocenters. The average Bonchev–Trinajstić information content (AvgIpc) is 2.46. The van der Waals surface area contributed by atoms with E-state index < -0.39 is 0 Å². The van der Waals surface area contributed by atoms with Crippen molar-refractivity contribution in [2.75, 3.05) is 25.1 Å². The van der Waals surface area contributed by atoms with Gasteiger partial charge in [-0.3, -0.25) is 4.98 Å². The first-order chi connectivity index (χ1) is 10.1. The summed E-state index contributed by atoms with van der Waals surface area (Å²) in [6.45, 7) is 12.3. The molecule has 0 atom stereocenters. The molecule has 0 radical (unpaired) electrons. The highest BCUT2D eigenvalue weighted by Crippen LogP contribution is 2.37. The van der Waals surface area contributed by atoms with E-state index in [1.165, 1.54) is 5.56 Å². The van der Waals surface area contributed by atoms with E-state index in [4.69, 9.17) is 9.47 Å². The molecule has 1 heterocycles. The number of anilines is 1. The molecular weight excluding hydrogens is 264 g/mol. The molecule has 2 aromatic rings. The van der Waals surface area contributed by atoms with Crippen molar-refractivity contribution >= 4 is 16.6 Å². The molecule has 1 aromatic heterocycles. The van der Waals surface area contributed by atoms with Crippen LogP contribution in [-0.4, -0.2) is 24.7 Å². The van der Waals surface area contributed by atoms with Crippen molar-refractivity contribution in [3.63, 3.8) is 0 Å². The minimum atomic E-state index is 0.608. The van der Waals surface area contributed by atoms with Crippen LogP contribution in [0.3, 0.4) is 0 Å². The summed E-state index contributed by atoms with van der Waals surface area (Å²) in [7, 11) is 0. The number of nitrogens with one attached hydrogen (secondary N) is 1. The van der Waals surface area contributed by atoms with Crippen molar-refractivity contribution in [2.24, 2.45) is 0 Å². The average molecular weight is 288 g/mol. The molecule has 4 heteroatoms. The number of rotatable bonds is 6. The van der Waals surface area contributed by atoms with Gasteiger partial charge < -0.3 is 14.8 Å². The van der Waals surface area contributed by atoms with E-state index in [-0.39, 0.29) is 0 Å². The van der Waals surface area contributed by atoms with Crippen LogP contribution in [0.25, 0.3) is 10.9 Å². The molecule has 0 bridgehead atoms. The maximum Gasteiger partial charge on any atom is 0.163 e. The lowest BCUT2D eigenvalue weighted by molar-refractivity contribution is 0.288. The quantitative estimate of drug-likeness (QED) is 0.869. The normalized spacial score (nSPS) is 10.7. The largest absolute Gasteiger partial charge is 0.490 e. The van der Waals surface area contributed by atoms with Crippen LogP contribution in [0, 0.1) is 13.8 Å². The van der Waals surface area contributed by atoms with Crippen LogP contribution in [0.5, 0.6) is 11.5 Å². The third-order valence-corrected chi connectivity index (χ3v) is 3.49. The second-order valence-electron chi connectivity index (χ2n) is 4.91. The number of hydrogen-bond acceptors (Lipinski definition) is 4. The zero-order valence-electron chi connectivity index (χ0n) is 13.5. The highest BCUT2D eigenvalue weighted by Gasteiger charge is 2.14. The van der Waals surface area contributed by atoms with Gasteiger partial charge in [0.15, 0.2) is 11.5 Å². The summed E-state index contributed by atoms with van der Waals surface area (Å²) in [6, 6.07) is 4.00. The molecule has 114 valence electrons. The number of fused-ring (bicyclic) bond motifs is 1. The Morgan fingerprint density at radius 1 is 1.00 bits per heavy atom. The topological polar surface area (TPSA) is 43.4 Å². The molecule has 0 aliphatic carbocycles. The summed E-state index contributed by atoms with van der Waals surface area (Å²) >= 11 is 0. The fourth-order valence-electron chi connectivity index (χ4n) is 2.43. The molecule has 0 saturated carbocycles. The minimum Gasteiger partial charge on any atom is -0.490 e. The lowest BCUT2D eigenvalue weighted by Gasteiger charge is -2.17. The summed E-state index contributed by atoms with van der Waals surface area (Å²) in [5.41, 5.74) is 4.27. The number of nitrogens with zero attached hydrogens (tertiary/aromatic N) is 1. The molecule has 0 aliphatic heterocycles. The van der Waals surface area contributed by atoms with Crippen LogP contribution in [-0.2, 0) is 0 Å². The smallest absolute Gasteiger partial charge is 0.163 e. The number of hydrogen-bond donors (Lipinski definition) is 1. The lowest BCUT2D eigenvalue weighted by atomic mass is 10.1. The zero-order chi connectivity index (χ0) is 15.4.